The minimum atomic E-state index is -1.19. The van der Waals surface area contributed by atoms with Gasteiger partial charge < -0.3 is 9.84 Å². The van der Waals surface area contributed by atoms with E-state index in [1.165, 1.54) is 0 Å². The molecular weight excluding hydrogens is 478 g/mol. The Morgan fingerprint density at radius 2 is 1.73 bits per heavy atom. The van der Waals surface area contributed by atoms with Crippen LogP contribution in [0.2, 0.25) is 5.02 Å². The van der Waals surface area contributed by atoms with Crippen LogP contribution in [-0.2, 0) is 16.2 Å². The highest BCUT2D eigenvalue weighted by molar-refractivity contribution is 8.26. The molecule has 5 nitrogen and oxygen atoms in total. The molecule has 0 aromatic heterocycles. The summed E-state index contributed by atoms with van der Waals surface area (Å²) in [7, 11) is 0. The van der Waals surface area contributed by atoms with E-state index in [9.17, 15) is 14.7 Å². The maximum atomic E-state index is 13.2. The molecule has 1 amide bonds. The number of hydrogen-bond donors (Lipinski definition) is 1. The van der Waals surface area contributed by atoms with Crippen LogP contribution in [0, 0.1) is 0 Å². The van der Waals surface area contributed by atoms with Crippen LogP contribution in [0.25, 0.3) is 6.08 Å². The molecule has 0 aliphatic carbocycles. The molecule has 0 saturated carbocycles. The number of para-hydroxylation sites is 1. The first-order chi connectivity index (χ1) is 15.9. The number of carboxylic acids is 1. The molecule has 1 saturated heterocycles. The fourth-order valence-corrected chi connectivity index (χ4v) is 4.78. The topological polar surface area (TPSA) is 66.8 Å². The van der Waals surface area contributed by atoms with Crippen molar-refractivity contribution >= 4 is 57.9 Å². The Balaban J connectivity index is 1.59. The Morgan fingerprint density at radius 1 is 1.06 bits per heavy atom. The Kier molecular flexibility index (Phi) is 7.13. The Labute approximate surface area is 205 Å². The lowest BCUT2D eigenvalue weighted by atomic mass is 10.1. The molecule has 1 atom stereocenters. The first kappa shape index (κ1) is 23.0. The summed E-state index contributed by atoms with van der Waals surface area (Å²) in [5.41, 5.74) is 2.13. The van der Waals surface area contributed by atoms with Crippen molar-refractivity contribution in [1.82, 2.24) is 4.90 Å². The lowest BCUT2D eigenvalue weighted by Gasteiger charge is -2.23. The number of thiocarbonyl (C=S) groups is 1. The van der Waals surface area contributed by atoms with Gasteiger partial charge in [0.1, 0.15) is 16.7 Å². The number of halogens is 1. The number of amides is 1. The van der Waals surface area contributed by atoms with Crippen molar-refractivity contribution in [2.45, 2.75) is 12.6 Å². The Morgan fingerprint density at radius 3 is 2.42 bits per heavy atom. The Bertz CT molecular complexity index is 1230. The van der Waals surface area contributed by atoms with Crippen LogP contribution in [-0.4, -0.2) is 26.2 Å². The number of aliphatic carboxylic acids is 1. The van der Waals surface area contributed by atoms with Gasteiger partial charge in [0.25, 0.3) is 5.91 Å². The smallest absolute Gasteiger partial charge is 0.331 e. The second-order valence-electron chi connectivity index (χ2n) is 7.16. The number of rotatable bonds is 7. The zero-order valence-electron chi connectivity index (χ0n) is 17.2. The largest absolute Gasteiger partial charge is 0.488 e. The van der Waals surface area contributed by atoms with Gasteiger partial charge in [-0.2, -0.15) is 0 Å². The minimum absolute atomic E-state index is 0.196. The van der Waals surface area contributed by atoms with Gasteiger partial charge in [-0.05, 0) is 35.4 Å². The summed E-state index contributed by atoms with van der Waals surface area (Å²) in [6.45, 7) is 0.331. The van der Waals surface area contributed by atoms with Gasteiger partial charge in [0.15, 0.2) is 6.04 Å². The van der Waals surface area contributed by atoms with Crippen molar-refractivity contribution in [2.75, 3.05) is 0 Å². The Hall–Kier alpha value is -3.13. The molecule has 1 heterocycles. The van der Waals surface area contributed by atoms with Gasteiger partial charge in [-0.1, -0.05) is 96.2 Å². The summed E-state index contributed by atoms with van der Waals surface area (Å²) in [5.74, 6) is -1.00. The summed E-state index contributed by atoms with van der Waals surface area (Å²) in [6.07, 6.45) is 1.68. The molecule has 0 bridgehead atoms. The average Bonchev–Trinajstić information content (AvgIpc) is 3.08. The first-order valence-corrected chi connectivity index (χ1v) is 11.6. The van der Waals surface area contributed by atoms with Crippen LogP contribution in [0.4, 0.5) is 0 Å². The number of hydrogen-bond acceptors (Lipinski definition) is 5. The van der Waals surface area contributed by atoms with E-state index >= 15 is 0 Å². The molecule has 3 aromatic carbocycles. The van der Waals surface area contributed by atoms with E-state index in [4.69, 9.17) is 28.6 Å². The van der Waals surface area contributed by atoms with Crippen molar-refractivity contribution < 1.29 is 19.4 Å². The summed E-state index contributed by atoms with van der Waals surface area (Å²) in [6, 6.07) is 22.1. The van der Waals surface area contributed by atoms with E-state index in [1.54, 1.807) is 48.5 Å². The average molecular weight is 496 g/mol. The molecule has 166 valence electrons. The molecule has 0 spiro atoms. The zero-order chi connectivity index (χ0) is 23.4. The number of nitrogens with zero attached hydrogens (tertiary/aromatic N) is 1. The van der Waals surface area contributed by atoms with Crippen LogP contribution in [0.1, 0.15) is 22.7 Å². The number of carbonyl (C=O) groups excluding carboxylic acids is 1. The van der Waals surface area contributed by atoms with E-state index in [0.29, 0.717) is 33.4 Å². The fourth-order valence-electron chi connectivity index (χ4n) is 3.35. The fraction of sp³-hybridized carbons (Fsp3) is 0.0800. The predicted molar refractivity (Wildman–Crippen MR) is 134 cm³/mol. The summed E-state index contributed by atoms with van der Waals surface area (Å²) in [4.78, 5) is 26.7. The van der Waals surface area contributed by atoms with Gasteiger partial charge in [-0.25, -0.2) is 4.79 Å². The van der Waals surface area contributed by atoms with Gasteiger partial charge in [0.05, 0.1) is 4.91 Å². The lowest BCUT2D eigenvalue weighted by molar-refractivity contribution is -0.145. The second-order valence-corrected chi connectivity index (χ2v) is 9.27. The summed E-state index contributed by atoms with van der Waals surface area (Å²) in [5, 5.41) is 10.5. The van der Waals surface area contributed by atoms with E-state index in [-0.39, 0.29) is 4.32 Å². The van der Waals surface area contributed by atoms with Gasteiger partial charge in [0.2, 0.25) is 0 Å². The maximum absolute atomic E-state index is 13.2. The van der Waals surface area contributed by atoms with Crippen LogP contribution in [0.3, 0.4) is 0 Å². The standard InChI is InChI=1S/C25H18ClNO4S2/c26-19-12-10-16(11-13-19)15-31-20-9-5-4-8-18(20)14-21-23(28)27(25(32)33-21)22(24(29)30)17-6-2-1-3-7-17/h1-14,22H,15H2,(H,29,30). The number of carboxylic acid groups (broad SMARTS) is 1. The van der Waals surface area contributed by atoms with Gasteiger partial charge >= 0.3 is 5.97 Å². The highest BCUT2D eigenvalue weighted by Crippen LogP contribution is 2.39. The van der Waals surface area contributed by atoms with Crippen LogP contribution >= 0.6 is 35.6 Å². The van der Waals surface area contributed by atoms with E-state index in [2.05, 4.69) is 0 Å². The molecule has 1 unspecified atom stereocenters. The number of benzene rings is 3. The molecule has 1 N–H and O–H groups in total. The highest BCUT2D eigenvalue weighted by atomic mass is 35.5. The minimum Gasteiger partial charge on any atom is -0.488 e. The number of carbonyl (C=O) groups is 2. The van der Waals surface area contributed by atoms with Crippen molar-refractivity contribution in [2.24, 2.45) is 0 Å². The third kappa shape index (κ3) is 5.27. The van der Waals surface area contributed by atoms with Crippen molar-refractivity contribution in [3.05, 3.63) is 105 Å². The van der Waals surface area contributed by atoms with Crippen LogP contribution in [0.15, 0.2) is 83.8 Å². The van der Waals surface area contributed by atoms with Crippen LogP contribution in [0.5, 0.6) is 5.75 Å². The number of thioether (sulfide) groups is 1. The molecule has 33 heavy (non-hydrogen) atoms. The van der Waals surface area contributed by atoms with Crippen molar-refractivity contribution in [3.8, 4) is 5.75 Å². The van der Waals surface area contributed by atoms with Crippen molar-refractivity contribution in [1.29, 1.82) is 0 Å². The quantitative estimate of drug-likeness (QED) is 0.323. The second kappa shape index (κ2) is 10.2. The molecule has 0 radical (unpaired) electrons. The van der Waals surface area contributed by atoms with E-state index in [0.717, 1.165) is 22.2 Å². The third-order valence-electron chi connectivity index (χ3n) is 4.94. The normalized spacial score (nSPS) is 15.7. The zero-order valence-corrected chi connectivity index (χ0v) is 19.6. The maximum Gasteiger partial charge on any atom is 0.331 e. The predicted octanol–water partition coefficient (Wildman–Crippen LogP) is 5.95. The highest BCUT2D eigenvalue weighted by Gasteiger charge is 2.41. The SMILES string of the molecule is O=C(O)C(c1ccccc1)N1C(=O)C(=Cc2ccccc2OCc2ccc(Cl)cc2)SC1=S. The first-order valence-electron chi connectivity index (χ1n) is 9.95. The summed E-state index contributed by atoms with van der Waals surface area (Å²) < 4.78 is 6.16. The van der Waals surface area contributed by atoms with Gasteiger partial charge in [0, 0.05) is 10.6 Å². The lowest BCUT2D eigenvalue weighted by Crippen LogP contribution is -2.37. The molecule has 8 heteroatoms. The van der Waals surface area contributed by atoms with Gasteiger partial charge in [-0.15, -0.1) is 0 Å². The van der Waals surface area contributed by atoms with Crippen molar-refractivity contribution in [3.63, 3.8) is 0 Å². The van der Waals surface area contributed by atoms with E-state index in [1.807, 2.05) is 36.4 Å². The molecule has 1 aliphatic rings. The monoisotopic (exact) mass is 495 g/mol. The van der Waals surface area contributed by atoms with Gasteiger partial charge in [-0.3, -0.25) is 9.69 Å². The molecule has 1 aliphatic heterocycles. The van der Waals surface area contributed by atoms with Crippen LogP contribution < -0.4 is 4.74 Å². The molecular formula is C25H18ClNO4S2. The molecule has 1 fully saturated rings. The summed E-state index contributed by atoms with van der Waals surface area (Å²) >= 11 is 12.4. The van der Waals surface area contributed by atoms with E-state index < -0.39 is 17.9 Å². The molecule has 3 aromatic rings. The molecule has 4 rings (SSSR count). The third-order valence-corrected chi connectivity index (χ3v) is 6.53. The number of ether oxygens (including phenoxy) is 1.